The average Bonchev–Trinajstić information content (AvgIpc) is 2.16. The normalized spacial score (nSPS) is 17.8. The number of ether oxygens (including phenoxy) is 2. The molecule has 0 aromatic heterocycles. The van der Waals surface area contributed by atoms with Crippen molar-refractivity contribution in [1.82, 2.24) is 0 Å². The van der Waals surface area contributed by atoms with Gasteiger partial charge in [-0.25, -0.2) is 0 Å². The van der Waals surface area contributed by atoms with Crippen LogP contribution in [-0.4, -0.2) is 30.2 Å². The van der Waals surface area contributed by atoms with Crippen LogP contribution in [-0.2, 0) is 9.47 Å². The van der Waals surface area contributed by atoms with E-state index in [4.69, 9.17) is 9.47 Å². The van der Waals surface area contributed by atoms with Crippen LogP contribution in [0.3, 0.4) is 0 Å². The second kappa shape index (κ2) is 8.21. The predicted molar refractivity (Wildman–Crippen MR) is 57.2 cm³/mol. The molecule has 0 aromatic rings. The van der Waals surface area contributed by atoms with Gasteiger partial charge in [-0.05, 0) is 26.7 Å². The lowest BCUT2D eigenvalue weighted by Crippen LogP contribution is -2.32. The van der Waals surface area contributed by atoms with E-state index in [2.05, 4.69) is 13.8 Å². The molecule has 0 fully saturated rings. The number of hydrogen-bond acceptors (Lipinski definition) is 3. The second-order valence-electron chi connectivity index (χ2n) is 3.69. The van der Waals surface area contributed by atoms with Gasteiger partial charge in [0.1, 0.15) is 6.10 Å². The van der Waals surface area contributed by atoms with E-state index in [1.807, 2.05) is 6.92 Å². The SMILES string of the molecule is CCCCOC(OC(C)CC)C(C)O. The third-order valence-corrected chi connectivity index (χ3v) is 2.12. The minimum atomic E-state index is -0.569. The van der Waals surface area contributed by atoms with E-state index < -0.39 is 12.4 Å². The van der Waals surface area contributed by atoms with Gasteiger partial charge in [0.05, 0.1) is 6.10 Å². The summed E-state index contributed by atoms with van der Waals surface area (Å²) in [6.07, 6.45) is 2.12. The van der Waals surface area contributed by atoms with Gasteiger partial charge in [0, 0.05) is 6.61 Å². The fraction of sp³-hybridized carbons (Fsp3) is 1.00. The quantitative estimate of drug-likeness (QED) is 0.487. The van der Waals surface area contributed by atoms with Crippen molar-refractivity contribution in [3.63, 3.8) is 0 Å². The highest BCUT2D eigenvalue weighted by molar-refractivity contribution is 4.56. The maximum absolute atomic E-state index is 9.41. The van der Waals surface area contributed by atoms with Crippen molar-refractivity contribution in [1.29, 1.82) is 0 Å². The molecule has 0 spiro atoms. The van der Waals surface area contributed by atoms with E-state index in [1.54, 1.807) is 6.92 Å². The van der Waals surface area contributed by atoms with Crippen LogP contribution in [0.4, 0.5) is 0 Å². The summed E-state index contributed by atoms with van der Waals surface area (Å²) in [4.78, 5) is 0. The van der Waals surface area contributed by atoms with Gasteiger partial charge in [-0.1, -0.05) is 20.3 Å². The van der Waals surface area contributed by atoms with E-state index in [9.17, 15) is 5.11 Å². The second-order valence-corrected chi connectivity index (χ2v) is 3.69. The Balaban J connectivity index is 3.77. The fourth-order valence-corrected chi connectivity index (χ4v) is 0.961. The summed E-state index contributed by atoms with van der Waals surface area (Å²) < 4.78 is 11.0. The summed E-state index contributed by atoms with van der Waals surface area (Å²) in [5.74, 6) is 0. The monoisotopic (exact) mass is 204 g/mol. The number of unbranched alkanes of at least 4 members (excludes halogenated alkanes) is 1. The van der Waals surface area contributed by atoms with E-state index >= 15 is 0 Å². The zero-order chi connectivity index (χ0) is 11.0. The summed E-state index contributed by atoms with van der Waals surface area (Å²) in [6, 6.07) is 0. The Morgan fingerprint density at radius 3 is 2.29 bits per heavy atom. The van der Waals surface area contributed by atoms with E-state index in [1.165, 1.54) is 0 Å². The highest BCUT2D eigenvalue weighted by Crippen LogP contribution is 2.08. The molecule has 0 aliphatic rings. The summed E-state index contributed by atoms with van der Waals surface area (Å²) >= 11 is 0. The molecule has 0 aliphatic carbocycles. The summed E-state index contributed by atoms with van der Waals surface area (Å²) in [5, 5.41) is 9.41. The first-order chi connectivity index (χ1) is 6.61. The lowest BCUT2D eigenvalue weighted by atomic mass is 10.3. The Labute approximate surface area is 87.4 Å². The van der Waals surface area contributed by atoms with Crippen molar-refractivity contribution in [2.45, 2.75) is 65.5 Å². The van der Waals surface area contributed by atoms with E-state index in [0.717, 1.165) is 19.3 Å². The molecular weight excluding hydrogens is 180 g/mol. The Morgan fingerprint density at radius 2 is 1.86 bits per heavy atom. The Bertz CT molecular complexity index is 126. The number of aliphatic hydroxyl groups excluding tert-OH is 1. The summed E-state index contributed by atoms with van der Waals surface area (Å²) in [6.45, 7) is 8.49. The smallest absolute Gasteiger partial charge is 0.183 e. The average molecular weight is 204 g/mol. The Kier molecular flexibility index (Phi) is 8.14. The first-order valence-corrected chi connectivity index (χ1v) is 5.56. The van der Waals surface area contributed by atoms with Crippen LogP contribution in [0.25, 0.3) is 0 Å². The van der Waals surface area contributed by atoms with E-state index in [-0.39, 0.29) is 6.10 Å². The van der Waals surface area contributed by atoms with Crippen molar-refractivity contribution in [3.05, 3.63) is 0 Å². The molecule has 3 atom stereocenters. The zero-order valence-corrected chi connectivity index (χ0v) is 9.82. The lowest BCUT2D eigenvalue weighted by molar-refractivity contribution is -0.209. The van der Waals surface area contributed by atoms with Crippen LogP contribution in [0, 0.1) is 0 Å². The highest BCUT2D eigenvalue weighted by atomic mass is 16.7. The van der Waals surface area contributed by atoms with Crippen LogP contribution >= 0.6 is 0 Å². The van der Waals surface area contributed by atoms with Gasteiger partial charge in [-0.15, -0.1) is 0 Å². The maximum Gasteiger partial charge on any atom is 0.183 e. The van der Waals surface area contributed by atoms with Crippen LogP contribution in [0.5, 0.6) is 0 Å². The van der Waals surface area contributed by atoms with Gasteiger partial charge in [0.2, 0.25) is 0 Å². The molecule has 0 aliphatic heterocycles. The van der Waals surface area contributed by atoms with Crippen molar-refractivity contribution in [3.8, 4) is 0 Å². The molecule has 0 saturated carbocycles. The lowest BCUT2D eigenvalue weighted by Gasteiger charge is -2.24. The van der Waals surface area contributed by atoms with Gasteiger partial charge in [-0.2, -0.15) is 0 Å². The van der Waals surface area contributed by atoms with Gasteiger partial charge >= 0.3 is 0 Å². The zero-order valence-electron chi connectivity index (χ0n) is 9.82. The van der Waals surface area contributed by atoms with Gasteiger partial charge < -0.3 is 14.6 Å². The molecule has 0 radical (unpaired) electrons. The van der Waals surface area contributed by atoms with Crippen LogP contribution in [0.2, 0.25) is 0 Å². The largest absolute Gasteiger partial charge is 0.388 e. The van der Waals surface area contributed by atoms with Gasteiger partial charge in [0.25, 0.3) is 0 Å². The first-order valence-electron chi connectivity index (χ1n) is 5.56. The van der Waals surface area contributed by atoms with Gasteiger partial charge in [0.15, 0.2) is 6.29 Å². The fourth-order valence-electron chi connectivity index (χ4n) is 0.961. The Hall–Kier alpha value is -0.120. The molecule has 86 valence electrons. The molecule has 0 amide bonds. The van der Waals surface area contributed by atoms with E-state index in [0.29, 0.717) is 6.61 Å². The van der Waals surface area contributed by atoms with Crippen molar-refractivity contribution in [2.75, 3.05) is 6.61 Å². The first kappa shape index (κ1) is 13.9. The topological polar surface area (TPSA) is 38.7 Å². The van der Waals surface area contributed by atoms with Gasteiger partial charge in [-0.3, -0.25) is 0 Å². The van der Waals surface area contributed by atoms with Crippen LogP contribution in [0.15, 0.2) is 0 Å². The highest BCUT2D eigenvalue weighted by Gasteiger charge is 2.18. The van der Waals surface area contributed by atoms with Crippen LogP contribution < -0.4 is 0 Å². The molecule has 0 saturated heterocycles. The standard InChI is InChI=1S/C11H24O3/c1-5-7-8-13-11(10(4)12)14-9(3)6-2/h9-12H,5-8H2,1-4H3. The third kappa shape index (κ3) is 6.35. The summed E-state index contributed by atoms with van der Waals surface area (Å²) in [5.41, 5.74) is 0. The minimum absolute atomic E-state index is 0.135. The molecule has 0 rings (SSSR count). The molecule has 0 heterocycles. The summed E-state index contributed by atoms with van der Waals surface area (Å²) in [7, 11) is 0. The molecule has 3 nitrogen and oxygen atoms in total. The Morgan fingerprint density at radius 1 is 1.21 bits per heavy atom. The van der Waals surface area contributed by atoms with Crippen molar-refractivity contribution in [2.24, 2.45) is 0 Å². The molecule has 0 bridgehead atoms. The molecule has 14 heavy (non-hydrogen) atoms. The molecule has 1 N–H and O–H groups in total. The van der Waals surface area contributed by atoms with Crippen molar-refractivity contribution < 1.29 is 14.6 Å². The maximum atomic E-state index is 9.41. The van der Waals surface area contributed by atoms with Crippen LogP contribution in [0.1, 0.15) is 47.0 Å². The number of rotatable bonds is 8. The molecule has 0 aromatic carbocycles. The molecule has 3 unspecified atom stereocenters. The number of hydrogen-bond donors (Lipinski definition) is 1. The van der Waals surface area contributed by atoms with Crippen molar-refractivity contribution >= 4 is 0 Å². The predicted octanol–water partition coefficient (Wildman–Crippen LogP) is 2.33. The third-order valence-electron chi connectivity index (χ3n) is 2.12. The molecular formula is C11H24O3. The molecule has 3 heteroatoms. The minimum Gasteiger partial charge on any atom is -0.388 e. The number of aliphatic hydroxyl groups is 1.